The quantitative estimate of drug-likeness (QED) is 0.589. The Morgan fingerprint density at radius 2 is 1.80 bits per heavy atom. The summed E-state index contributed by atoms with van der Waals surface area (Å²) < 4.78 is 3.60. The van der Waals surface area contributed by atoms with Gasteiger partial charge in [-0.15, -0.1) is 0 Å². The van der Waals surface area contributed by atoms with Crippen molar-refractivity contribution in [1.29, 1.82) is 0 Å². The Morgan fingerprint density at radius 1 is 1.16 bits per heavy atom. The van der Waals surface area contributed by atoms with E-state index in [0.717, 1.165) is 11.3 Å². The van der Waals surface area contributed by atoms with E-state index in [1.54, 1.807) is 29.8 Å². The highest BCUT2D eigenvalue weighted by molar-refractivity contribution is 6.68. The fourth-order valence-corrected chi connectivity index (χ4v) is 2.71. The van der Waals surface area contributed by atoms with Gasteiger partial charge in [0.05, 0.1) is 6.26 Å². The highest BCUT2D eigenvalue weighted by Gasteiger charge is 2.37. The fourth-order valence-electron chi connectivity index (χ4n) is 2.28. The summed E-state index contributed by atoms with van der Waals surface area (Å²) in [6.07, 6.45) is 0.820. The summed E-state index contributed by atoms with van der Waals surface area (Å²) in [6.45, 7) is 6.79. The number of nitrogens with two attached hydrogens (primary N) is 1. The number of alkyl halides is 3. The number of carbonyl (C=O) groups is 1. The summed E-state index contributed by atoms with van der Waals surface area (Å²) in [5, 5.41) is 4.48. The van der Waals surface area contributed by atoms with E-state index in [1.165, 1.54) is 0 Å². The molecule has 0 aliphatic heterocycles. The van der Waals surface area contributed by atoms with Crippen molar-refractivity contribution in [3.05, 3.63) is 59.5 Å². The molecular weight excluding hydrogens is 383 g/mol. The van der Waals surface area contributed by atoms with Crippen molar-refractivity contribution in [3.8, 4) is 0 Å². The van der Waals surface area contributed by atoms with Crippen LogP contribution in [0.3, 0.4) is 0 Å². The molecule has 0 bridgehead atoms. The molecule has 4 nitrogen and oxygen atoms in total. The van der Waals surface area contributed by atoms with Gasteiger partial charge in [0.15, 0.2) is 5.76 Å². The zero-order valence-electron chi connectivity index (χ0n) is 14.4. The van der Waals surface area contributed by atoms with Crippen molar-refractivity contribution in [2.75, 3.05) is 0 Å². The molecule has 1 heterocycles. The first-order valence-corrected chi connectivity index (χ1v) is 9.04. The summed E-state index contributed by atoms with van der Waals surface area (Å²) in [5.74, 6) is 0.426. The van der Waals surface area contributed by atoms with E-state index in [2.05, 4.69) is 26.1 Å². The average Bonchev–Trinajstić information content (AvgIpc) is 3.02. The molecule has 1 aromatic carbocycles. The lowest BCUT2D eigenvalue weighted by Gasteiger charge is -2.23. The summed E-state index contributed by atoms with van der Waals surface area (Å²) in [5.41, 5.74) is 1.68. The molecule has 0 saturated heterocycles. The Bertz CT molecular complexity index is 687. The summed E-state index contributed by atoms with van der Waals surface area (Å²) in [4.78, 5) is 12.5. The maximum Gasteiger partial charge on any atom is 0.262 e. The SMILES string of the molecule is CC(C)(C)c1ccc(C(=O)N[C@H]([NH2+]Cc2ccco2)C(Cl)(Cl)Cl)cc1. The minimum absolute atomic E-state index is 0.0198. The van der Waals surface area contributed by atoms with Crippen LogP contribution in [0.5, 0.6) is 0 Å². The third-order valence-corrected chi connectivity index (χ3v) is 4.49. The van der Waals surface area contributed by atoms with Crippen LogP contribution in [0, 0.1) is 0 Å². The zero-order chi connectivity index (χ0) is 18.7. The number of quaternary nitrogens is 1. The Morgan fingerprint density at radius 3 is 2.28 bits per heavy atom. The second-order valence-electron chi connectivity index (χ2n) is 6.84. The van der Waals surface area contributed by atoms with Crippen molar-refractivity contribution in [3.63, 3.8) is 0 Å². The van der Waals surface area contributed by atoms with Crippen molar-refractivity contribution >= 4 is 40.7 Å². The van der Waals surface area contributed by atoms with E-state index >= 15 is 0 Å². The van der Waals surface area contributed by atoms with E-state index in [9.17, 15) is 4.79 Å². The maximum absolute atomic E-state index is 12.5. The number of hydrogen-bond donors (Lipinski definition) is 2. The molecule has 0 aliphatic rings. The van der Waals surface area contributed by atoms with Crippen LogP contribution in [0.4, 0.5) is 0 Å². The van der Waals surface area contributed by atoms with E-state index in [-0.39, 0.29) is 11.3 Å². The van der Waals surface area contributed by atoms with Gasteiger partial charge in [-0.05, 0) is 35.2 Å². The highest BCUT2D eigenvalue weighted by atomic mass is 35.6. The van der Waals surface area contributed by atoms with Crippen molar-refractivity contribution < 1.29 is 14.5 Å². The predicted octanol–water partition coefficient (Wildman–Crippen LogP) is 3.77. The Labute approximate surface area is 162 Å². The zero-order valence-corrected chi connectivity index (χ0v) is 16.6. The lowest BCUT2D eigenvalue weighted by Crippen LogP contribution is -2.95. The van der Waals surface area contributed by atoms with E-state index in [0.29, 0.717) is 12.1 Å². The van der Waals surface area contributed by atoms with Gasteiger partial charge in [-0.2, -0.15) is 0 Å². The van der Waals surface area contributed by atoms with Gasteiger partial charge in [0.25, 0.3) is 9.70 Å². The van der Waals surface area contributed by atoms with Crippen LogP contribution >= 0.6 is 34.8 Å². The first-order valence-electron chi connectivity index (χ1n) is 7.91. The average molecular weight is 405 g/mol. The summed E-state index contributed by atoms with van der Waals surface area (Å²) in [6, 6.07) is 11.0. The summed E-state index contributed by atoms with van der Waals surface area (Å²) >= 11 is 18.0. The topological polar surface area (TPSA) is 58.9 Å². The van der Waals surface area contributed by atoms with E-state index in [1.807, 2.05) is 18.2 Å². The Kier molecular flexibility index (Phi) is 6.44. The van der Waals surface area contributed by atoms with Crippen LogP contribution in [0.15, 0.2) is 47.1 Å². The monoisotopic (exact) mass is 403 g/mol. The molecule has 2 aromatic rings. The fraction of sp³-hybridized carbons (Fsp3) is 0.389. The van der Waals surface area contributed by atoms with Crippen LogP contribution in [-0.4, -0.2) is 15.9 Å². The molecule has 3 N–H and O–H groups in total. The number of rotatable bonds is 5. The molecular formula is C18H22Cl3N2O2+. The number of benzene rings is 1. The molecule has 7 heteroatoms. The van der Waals surface area contributed by atoms with Gasteiger partial charge in [-0.25, -0.2) is 0 Å². The standard InChI is InChI=1S/C18H21Cl3N2O2/c1-17(2,3)13-8-6-12(7-9-13)15(24)23-16(18(19,20)21)22-11-14-5-4-10-25-14/h4-10,16,22H,11H2,1-3H3,(H,23,24)/p+1/t16-/m0/s1. The molecule has 136 valence electrons. The largest absolute Gasteiger partial charge is 0.463 e. The highest BCUT2D eigenvalue weighted by Crippen LogP contribution is 2.28. The normalized spacial score (nSPS) is 13.5. The van der Waals surface area contributed by atoms with Gasteiger partial charge < -0.3 is 9.73 Å². The van der Waals surface area contributed by atoms with Crippen molar-refractivity contribution in [2.45, 2.75) is 42.7 Å². The van der Waals surface area contributed by atoms with Gasteiger partial charge in [0.1, 0.15) is 6.54 Å². The van der Waals surface area contributed by atoms with Crippen LogP contribution < -0.4 is 10.6 Å². The van der Waals surface area contributed by atoms with Crippen LogP contribution in [-0.2, 0) is 12.0 Å². The molecule has 1 atom stereocenters. The van der Waals surface area contributed by atoms with Crippen LogP contribution in [0.2, 0.25) is 0 Å². The molecule has 1 amide bonds. The van der Waals surface area contributed by atoms with E-state index in [4.69, 9.17) is 39.2 Å². The minimum Gasteiger partial charge on any atom is -0.463 e. The van der Waals surface area contributed by atoms with Crippen molar-refractivity contribution in [1.82, 2.24) is 5.32 Å². The molecule has 2 rings (SSSR count). The Balaban J connectivity index is 2.05. The lowest BCUT2D eigenvalue weighted by molar-refractivity contribution is -0.708. The third kappa shape index (κ3) is 5.93. The number of furan rings is 1. The maximum atomic E-state index is 12.5. The van der Waals surface area contributed by atoms with Crippen LogP contribution in [0.1, 0.15) is 42.5 Å². The second-order valence-corrected chi connectivity index (χ2v) is 9.21. The number of halogens is 3. The number of amides is 1. The second kappa shape index (κ2) is 8.00. The summed E-state index contributed by atoms with van der Waals surface area (Å²) in [7, 11) is 0. The van der Waals surface area contributed by atoms with Crippen molar-refractivity contribution in [2.24, 2.45) is 0 Å². The first-order chi connectivity index (χ1) is 11.6. The number of nitrogens with one attached hydrogen (secondary N) is 1. The van der Waals surface area contributed by atoms with Gasteiger partial charge >= 0.3 is 0 Å². The third-order valence-electron chi connectivity index (χ3n) is 3.79. The predicted molar refractivity (Wildman–Crippen MR) is 101 cm³/mol. The number of hydrogen-bond acceptors (Lipinski definition) is 2. The van der Waals surface area contributed by atoms with Gasteiger partial charge in [-0.1, -0.05) is 67.7 Å². The smallest absolute Gasteiger partial charge is 0.262 e. The van der Waals surface area contributed by atoms with Gasteiger partial charge in [0.2, 0.25) is 6.17 Å². The van der Waals surface area contributed by atoms with Gasteiger partial charge in [-0.3, -0.25) is 10.1 Å². The van der Waals surface area contributed by atoms with Crippen LogP contribution in [0.25, 0.3) is 0 Å². The van der Waals surface area contributed by atoms with Gasteiger partial charge in [0, 0.05) is 5.56 Å². The molecule has 0 unspecified atom stereocenters. The first kappa shape index (κ1) is 20.1. The minimum atomic E-state index is -1.66. The lowest BCUT2D eigenvalue weighted by atomic mass is 9.87. The molecule has 0 spiro atoms. The Hall–Kier alpha value is -1.20. The molecule has 1 aromatic heterocycles. The van der Waals surface area contributed by atoms with E-state index < -0.39 is 9.96 Å². The molecule has 0 saturated carbocycles. The molecule has 0 aliphatic carbocycles. The molecule has 25 heavy (non-hydrogen) atoms. The molecule has 0 fully saturated rings. The number of carbonyl (C=O) groups excluding carboxylic acids is 1. The molecule has 0 radical (unpaired) electrons.